The first-order chi connectivity index (χ1) is 7.28. The standard InChI is InChI=1S/C11H10FNOS/c12-9-3-1-2-8(4-9)5-11-13-10(6-14)7-15-11/h1-4,7,14H,5-6H2. The van der Waals surface area contributed by atoms with Crippen LogP contribution >= 0.6 is 11.3 Å². The Kier molecular flexibility index (Phi) is 3.08. The third-order valence-electron chi connectivity index (χ3n) is 2.01. The van der Waals surface area contributed by atoms with E-state index < -0.39 is 0 Å². The number of thiazole rings is 1. The van der Waals surface area contributed by atoms with Gasteiger partial charge in [-0.2, -0.15) is 0 Å². The molecule has 2 nitrogen and oxygen atoms in total. The Balaban J connectivity index is 2.14. The quantitative estimate of drug-likeness (QED) is 0.866. The van der Waals surface area contributed by atoms with Crippen LogP contribution in [0.4, 0.5) is 4.39 Å². The summed E-state index contributed by atoms with van der Waals surface area (Å²) in [7, 11) is 0. The van der Waals surface area contributed by atoms with Crippen molar-refractivity contribution in [3.05, 3.63) is 51.7 Å². The van der Waals surface area contributed by atoms with E-state index in [1.54, 1.807) is 6.07 Å². The maximum absolute atomic E-state index is 12.9. The zero-order valence-electron chi connectivity index (χ0n) is 7.98. The number of hydrogen-bond acceptors (Lipinski definition) is 3. The van der Waals surface area contributed by atoms with Gasteiger partial charge in [0, 0.05) is 11.8 Å². The zero-order valence-corrected chi connectivity index (χ0v) is 8.80. The van der Waals surface area contributed by atoms with Crippen LogP contribution in [0.3, 0.4) is 0 Å². The number of aliphatic hydroxyl groups excluding tert-OH is 1. The smallest absolute Gasteiger partial charge is 0.123 e. The van der Waals surface area contributed by atoms with Crippen LogP contribution in [-0.4, -0.2) is 10.1 Å². The number of aliphatic hydroxyl groups is 1. The molecule has 0 spiro atoms. The van der Waals surface area contributed by atoms with Crippen molar-refractivity contribution in [1.82, 2.24) is 4.98 Å². The Morgan fingerprint density at radius 1 is 1.40 bits per heavy atom. The predicted molar refractivity (Wildman–Crippen MR) is 57.2 cm³/mol. The summed E-state index contributed by atoms with van der Waals surface area (Å²) in [5, 5.41) is 11.6. The molecule has 0 atom stereocenters. The molecule has 1 aromatic carbocycles. The summed E-state index contributed by atoms with van der Waals surface area (Å²) in [5.41, 5.74) is 1.57. The number of halogens is 1. The molecular weight excluding hydrogens is 213 g/mol. The molecule has 0 aliphatic rings. The Bertz CT molecular complexity index is 455. The summed E-state index contributed by atoms with van der Waals surface area (Å²) in [6.07, 6.45) is 0.614. The van der Waals surface area contributed by atoms with Crippen molar-refractivity contribution in [3.63, 3.8) is 0 Å². The van der Waals surface area contributed by atoms with Gasteiger partial charge in [-0.3, -0.25) is 0 Å². The molecular formula is C11H10FNOS. The van der Waals surface area contributed by atoms with E-state index in [2.05, 4.69) is 4.98 Å². The van der Waals surface area contributed by atoms with Gasteiger partial charge in [0.1, 0.15) is 5.82 Å². The van der Waals surface area contributed by atoms with Gasteiger partial charge in [0.15, 0.2) is 0 Å². The first kappa shape index (κ1) is 10.3. The molecule has 0 amide bonds. The van der Waals surface area contributed by atoms with Gasteiger partial charge in [-0.05, 0) is 17.7 Å². The Labute approximate surface area is 91.0 Å². The molecule has 0 aliphatic carbocycles. The third-order valence-corrected chi connectivity index (χ3v) is 2.90. The summed E-state index contributed by atoms with van der Waals surface area (Å²) in [5.74, 6) is -0.230. The summed E-state index contributed by atoms with van der Waals surface area (Å²) < 4.78 is 12.9. The van der Waals surface area contributed by atoms with Crippen molar-refractivity contribution in [2.45, 2.75) is 13.0 Å². The maximum Gasteiger partial charge on any atom is 0.123 e. The average Bonchev–Trinajstić information content (AvgIpc) is 2.65. The van der Waals surface area contributed by atoms with Crippen LogP contribution in [0.5, 0.6) is 0 Å². The number of rotatable bonds is 3. The number of aromatic nitrogens is 1. The largest absolute Gasteiger partial charge is 0.390 e. The molecule has 1 N–H and O–H groups in total. The highest BCUT2D eigenvalue weighted by Crippen LogP contribution is 2.15. The summed E-state index contributed by atoms with van der Waals surface area (Å²) >= 11 is 1.48. The topological polar surface area (TPSA) is 33.1 Å². The van der Waals surface area contributed by atoms with Crippen molar-refractivity contribution in [2.24, 2.45) is 0 Å². The van der Waals surface area contributed by atoms with Crippen molar-refractivity contribution < 1.29 is 9.50 Å². The van der Waals surface area contributed by atoms with Gasteiger partial charge in [0.25, 0.3) is 0 Å². The molecule has 0 saturated carbocycles. The Hall–Kier alpha value is -1.26. The van der Waals surface area contributed by atoms with E-state index in [-0.39, 0.29) is 12.4 Å². The lowest BCUT2D eigenvalue weighted by molar-refractivity contribution is 0.277. The highest BCUT2D eigenvalue weighted by Gasteiger charge is 2.03. The fourth-order valence-electron chi connectivity index (χ4n) is 1.32. The maximum atomic E-state index is 12.9. The monoisotopic (exact) mass is 223 g/mol. The van der Waals surface area contributed by atoms with Crippen LogP contribution in [0, 0.1) is 5.82 Å². The number of nitrogens with zero attached hydrogens (tertiary/aromatic N) is 1. The SMILES string of the molecule is OCc1csc(Cc2cccc(F)c2)n1. The van der Waals surface area contributed by atoms with E-state index in [1.165, 1.54) is 23.5 Å². The second kappa shape index (κ2) is 4.51. The molecule has 1 aromatic heterocycles. The molecule has 0 bridgehead atoms. The Morgan fingerprint density at radius 2 is 2.27 bits per heavy atom. The fraction of sp³-hybridized carbons (Fsp3) is 0.182. The van der Waals surface area contributed by atoms with Crippen LogP contribution in [0.2, 0.25) is 0 Å². The van der Waals surface area contributed by atoms with Crippen LogP contribution in [0.15, 0.2) is 29.6 Å². The average molecular weight is 223 g/mol. The number of benzene rings is 1. The van der Waals surface area contributed by atoms with Crippen LogP contribution < -0.4 is 0 Å². The number of hydrogen-bond donors (Lipinski definition) is 1. The Morgan fingerprint density at radius 3 is 2.93 bits per heavy atom. The van der Waals surface area contributed by atoms with Gasteiger partial charge in [-0.25, -0.2) is 9.37 Å². The molecule has 2 rings (SSSR count). The van der Waals surface area contributed by atoms with E-state index >= 15 is 0 Å². The van der Waals surface area contributed by atoms with Gasteiger partial charge < -0.3 is 5.11 Å². The van der Waals surface area contributed by atoms with E-state index in [1.807, 2.05) is 11.4 Å². The van der Waals surface area contributed by atoms with E-state index in [9.17, 15) is 4.39 Å². The summed E-state index contributed by atoms with van der Waals surface area (Å²) in [6, 6.07) is 6.47. The normalized spacial score (nSPS) is 10.5. The second-order valence-corrected chi connectivity index (χ2v) is 4.14. The molecule has 2 aromatic rings. The van der Waals surface area contributed by atoms with Crippen molar-refractivity contribution in [1.29, 1.82) is 0 Å². The molecule has 0 radical (unpaired) electrons. The molecule has 4 heteroatoms. The van der Waals surface area contributed by atoms with Gasteiger partial charge in [0.2, 0.25) is 0 Å². The van der Waals surface area contributed by atoms with Crippen molar-refractivity contribution in [3.8, 4) is 0 Å². The molecule has 0 aliphatic heterocycles. The minimum atomic E-state index is -0.230. The van der Waals surface area contributed by atoms with Crippen LogP contribution in [0.25, 0.3) is 0 Å². The fourth-order valence-corrected chi connectivity index (χ4v) is 2.14. The van der Waals surface area contributed by atoms with Gasteiger partial charge in [0.05, 0.1) is 17.3 Å². The highest BCUT2D eigenvalue weighted by molar-refractivity contribution is 7.09. The third kappa shape index (κ3) is 2.61. The summed E-state index contributed by atoms with van der Waals surface area (Å²) in [4.78, 5) is 4.20. The predicted octanol–water partition coefficient (Wildman–Crippen LogP) is 2.37. The van der Waals surface area contributed by atoms with Gasteiger partial charge in [-0.1, -0.05) is 12.1 Å². The molecule has 0 unspecified atom stereocenters. The minimum absolute atomic E-state index is 0.0420. The highest BCUT2D eigenvalue weighted by atomic mass is 32.1. The van der Waals surface area contributed by atoms with E-state index in [0.717, 1.165) is 10.6 Å². The van der Waals surface area contributed by atoms with Crippen molar-refractivity contribution in [2.75, 3.05) is 0 Å². The van der Waals surface area contributed by atoms with Gasteiger partial charge >= 0.3 is 0 Å². The molecule has 1 heterocycles. The minimum Gasteiger partial charge on any atom is -0.390 e. The molecule has 0 fully saturated rings. The van der Waals surface area contributed by atoms with Crippen LogP contribution in [0.1, 0.15) is 16.3 Å². The van der Waals surface area contributed by atoms with Gasteiger partial charge in [-0.15, -0.1) is 11.3 Å². The van der Waals surface area contributed by atoms with E-state index in [0.29, 0.717) is 12.1 Å². The molecule has 0 saturated heterocycles. The van der Waals surface area contributed by atoms with E-state index in [4.69, 9.17) is 5.11 Å². The first-order valence-electron chi connectivity index (χ1n) is 4.56. The molecule has 15 heavy (non-hydrogen) atoms. The van der Waals surface area contributed by atoms with Crippen LogP contribution in [-0.2, 0) is 13.0 Å². The lowest BCUT2D eigenvalue weighted by atomic mass is 10.1. The second-order valence-electron chi connectivity index (χ2n) is 3.20. The lowest BCUT2D eigenvalue weighted by Gasteiger charge is -1.97. The molecule has 78 valence electrons. The lowest BCUT2D eigenvalue weighted by Crippen LogP contribution is -1.89. The first-order valence-corrected chi connectivity index (χ1v) is 5.44. The zero-order chi connectivity index (χ0) is 10.7. The summed E-state index contributed by atoms with van der Waals surface area (Å²) in [6.45, 7) is -0.0420. The van der Waals surface area contributed by atoms with Crippen molar-refractivity contribution >= 4 is 11.3 Å².